The number of carbonyl (C=O) groups is 1. The summed E-state index contributed by atoms with van der Waals surface area (Å²) < 4.78 is 69.9. The Morgan fingerprint density at radius 3 is 2.25 bits per heavy atom. The van der Waals surface area contributed by atoms with Crippen molar-refractivity contribution in [1.82, 2.24) is 24.2 Å². The van der Waals surface area contributed by atoms with Gasteiger partial charge in [-0.3, -0.25) is 18.8 Å². The fourth-order valence-corrected chi connectivity index (χ4v) is 5.60. The third kappa shape index (κ3) is 6.36. The predicted octanol–water partition coefficient (Wildman–Crippen LogP) is 4.15. The Hall–Kier alpha value is -4.17. The molecule has 1 aliphatic rings. The number of hydrogen-bond acceptors (Lipinski definition) is 6. The van der Waals surface area contributed by atoms with Crippen molar-refractivity contribution in [3.05, 3.63) is 82.4 Å². The van der Waals surface area contributed by atoms with Crippen molar-refractivity contribution in [3.8, 4) is 11.3 Å². The van der Waals surface area contributed by atoms with Crippen LogP contribution in [0.2, 0.25) is 0 Å². The molecule has 2 aromatic heterocycles. The molecular formula is C30H31F5N6O3. The normalized spacial score (nSPS) is 16.8. The number of nitrogens with zero attached hydrogens (tertiary/aromatic N) is 5. The van der Waals surface area contributed by atoms with Crippen LogP contribution in [0, 0.1) is 0 Å². The quantitative estimate of drug-likeness (QED) is 0.287. The molecule has 0 saturated carbocycles. The minimum Gasteiger partial charge on any atom is -0.388 e. The molecule has 44 heavy (non-hydrogen) atoms. The van der Waals surface area contributed by atoms with Gasteiger partial charge in [0.25, 0.3) is 12.0 Å². The fraction of sp³-hybridized carbons (Fsp3) is 0.400. The molecule has 4 aromatic rings. The summed E-state index contributed by atoms with van der Waals surface area (Å²) in [5.41, 5.74) is 5.25. The van der Waals surface area contributed by atoms with Crippen molar-refractivity contribution >= 4 is 16.9 Å². The minimum atomic E-state index is -4.60. The second kappa shape index (κ2) is 12.1. The van der Waals surface area contributed by atoms with Crippen LogP contribution in [0.4, 0.5) is 22.0 Å². The number of fused-ring (bicyclic) bond motifs is 1. The molecule has 2 atom stereocenters. The number of halogens is 5. The van der Waals surface area contributed by atoms with Crippen molar-refractivity contribution < 1.29 is 31.9 Å². The van der Waals surface area contributed by atoms with Gasteiger partial charge >= 0.3 is 6.18 Å². The molecule has 1 aliphatic heterocycles. The lowest BCUT2D eigenvalue weighted by molar-refractivity contribution is -0.162. The molecule has 9 nitrogen and oxygen atoms in total. The van der Waals surface area contributed by atoms with E-state index in [0.717, 1.165) is 0 Å². The summed E-state index contributed by atoms with van der Waals surface area (Å²) in [6.07, 6.45) is -6.69. The smallest absolute Gasteiger partial charge is 0.388 e. The number of aryl methyl sites for hydroxylation is 1. The van der Waals surface area contributed by atoms with E-state index in [4.69, 9.17) is 5.73 Å². The fourth-order valence-electron chi connectivity index (χ4n) is 5.60. The van der Waals surface area contributed by atoms with E-state index in [1.54, 1.807) is 25.2 Å². The highest BCUT2D eigenvalue weighted by Gasteiger charge is 2.43. The van der Waals surface area contributed by atoms with Crippen LogP contribution in [0.1, 0.15) is 42.3 Å². The molecule has 3 N–H and O–H groups in total. The first-order valence-corrected chi connectivity index (χ1v) is 14.0. The second-order valence-electron chi connectivity index (χ2n) is 11.1. The number of likely N-dealkylation sites (tertiary alicyclic amines) is 1. The molecule has 2 unspecified atom stereocenters. The maximum absolute atomic E-state index is 13.8. The molecule has 0 bridgehead atoms. The van der Waals surface area contributed by atoms with Gasteiger partial charge in [-0.25, -0.2) is 13.8 Å². The lowest BCUT2D eigenvalue weighted by atomic mass is 9.90. The van der Waals surface area contributed by atoms with E-state index < -0.39 is 48.0 Å². The van der Waals surface area contributed by atoms with Gasteiger partial charge in [0.1, 0.15) is 5.52 Å². The molecule has 14 heteroatoms. The second-order valence-corrected chi connectivity index (χ2v) is 11.1. The number of rotatable bonds is 8. The third-order valence-corrected chi connectivity index (χ3v) is 8.14. The standard InChI is InChI=1S/C30H31F5N6O3/c1-39-26(20-9-7-19(8-10-20)23(36)27(31)32)24-25(38-39)28(43)41(17-37-24)16-29(44)11-13-40(14-12-29)22(42)15-21(30(33,34)35)18-5-3-2-4-6-18/h2-10,17,21,23,27,44H,11-16,36H2,1H3. The number of nitrogens with two attached hydrogens (primary N) is 1. The summed E-state index contributed by atoms with van der Waals surface area (Å²) in [6.45, 7) is -0.103. The Labute approximate surface area is 248 Å². The van der Waals surface area contributed by atoms with Gasteiger partial charge in [-0.2, -0.15) is 18.3 Å². The molecule has 1 fully saturated rings. The molecule has 0 aliphatic carbocycles. The lowest BCUT2D eigenvalue weighted by Crippen LogP contribution is -2.50. The highest BCUT2D eigenvalue weighted by Crippen LogP contribution is 2.38. The Bertz CT molecular complexity index is 1680. The topological polar surface area (TPSA) is 119 Å². The summed E-state index contributed by atoms with van der Waals surface area (Å²) in [5, 5.41) is 15.6. The lowest BCUT2D eigenvalue weighted by Gasteiger charge is -2.39. The van der Waals surface area contributed by atoms with Crippen LogP contribution in [0.5, 0.6) is 0 Å². The average molecular weight is 619 g/mol. The van der Waals surface area contributed by atoms with Gasteiger partial charge in [-0.15, -0.1) is 0 Å². The number of aromatic nitrogens is 4. The van der Waals surface area contributed by atoms with E-state index in [-0.39, 0.29) is 54.6 Å². The minimum absolute atomic E-state index is 0.00904. The first-order valence-electron chi connectivity index (χ1n) is 14.0. The number of amides is 1. The van der Waals surface area contributed by atoms with Gasteiger partial charge in [0, 0.05) is 32.1 Å². The zero-order chi connectivity index (χ0) is 31.8. The van der Waals surface area contributed by atoms with Crippen LogP contribution in [0.25, 0.3) is 22.3 Å². The monoisotopic (exact) mass is 618 g/mol. The van der Waals surface area contributed by atoms with Crippen LogP contribution in [-0.4, -0.2) is 66.5 Å². The van der Waals surface area contributed by atoms with Crippen molar-refractivity contribution in [2.75, 3.05) is 13.1 Å². The molecule has 1 amide bonds. The van der Waals surface area contributed by atoms with Gasteiger partial charge < -0.3 is 15.7 Å². The highest BCUT2D eigenvalue weighted by atomic mass is 19.4. The van der Waals surface area contributed by atoms with Crippen molar-refractivity contribution in [2.45, 2.75) is 56.0 Å². The van der Waals surface area contributed by atoms with Crippen molar-refractivity contribution in [2.24, 2.45) is 12.8 Å². The molecular weight excluding hydrogens is 587 g/mol. The molecule has 5 rings (SSSR count). The first kappa shape index (κ1) is 31.3. The van der Waals surface area contributed by atoms with Crippen LogP contribution in [-0.2, 0) is 18.4 Å². The van der Waals surface area contributed by atoms with Crippen LogP contribution in [0.15, 0.2) is 65.7 Å². The van der Waals surface area contributed by atoms with E-state index in [1.807, 2.05) is 0 Å². The first-order chi connectivity index (χ1) is 20.8. The van der Waals surface area contributed by atoms with Crippen molar-refractivity contribution in [1.29, 1.82) is 0 Å². The highest BCUT2D eigenvalue weighted by molar-refractivity contribution is 5.89. The van der Waals surface area contributed by atoms with Crippen molar-refractivity contribution in [3.63, 3.8) is 0 Å². The van der Waals surface area contributed by atoms with E-state index in [2.05, 4.69) is 10.1 Å². The Morgan fingerprint density at radius 2 is 1.66 bits per heavy atom. The Morgan fingerprint density at radius 1 is 1.02 bits per heavy atom. The summed E-state index contributed by atoms with van der Waals surface area (Å²) in [6, 6.07) is 12.0. The summed E-state index contributed by atoms with van der Waals surface area (Å²) >= 11 is 0. The van der Waals surface area contributed by atoms with Gasteiger partial charge in [0.05, 0.1) is 36.1 Å². The number of piperidine rings is 1. The summed E-state index contributed by atoms with van der Waals surface area (Å²) in [4.78, 5) is 31.9. The zero-order valence-electron chi connectivity index (χ0n) is 23.7. The Kier molecular flexibility index (Phi) is 8.58. The van der Waals surface area contributed by atoms with Crippen LogP contribution >= 0.6 is 0 Å². The molecule has 234 valence electrons. The Balaban J connectivity index is 1.28. The summed E-state index contributed by atoms with van der Waals surface area (Å²) in [7, 11) is 1.61. The SMILES string of the molecule is Cn1nc2c(=O)n(CC3(O)CCN(C(=O)CC(c4ccccc4)C(F)(F)F)CC3)cnc2c1-c1ccc(C(N)C(F)F)cc1. The maximum atomic E-state index is 13.8. The van der Waals surface area contributed by atoms with Gasteiger partial charge in [-0.05, 0) is 24.0 Å². The van der Waals surface area contributed by atoms with Crippen LogP contribution in [0.3, 0.4) is 0 Å². The molecule has 2 aromatic carbocycles. The van der Waals surface area contributed by atoms with Crippen LogP contribution < -0.4 is 11.3 Å². The maximum Gasteiger partial charge on any atom is 0.396 e. The third-order valence-electron chi connectivity index (χ3n) is 8.14. The number of carbonyl (C=O) groups excluding carboxylic acids is 1. The van der Waals surface area contributed by atoms with E-state index in [0.29, 0.717) is 11.3 Å². The number of alkyl halides is 5. The molecule has 0 spiro atoms. The summed E-state index contributed by atoms with van der Waals surface area (Å²) in [5.74, 6) is -2.60. The van der Waals surface area contributed by atoms with E-state index in [9.17, 15) is 36.6 Å². The largest absolute Gasteiger partial charge is 0.396 e. The van der Waals surface area contributed by atoms with E-state index in [1.165, 1.54) is 56.9 Å². The average Bonchev–Trinajstić information content (AvgIpc) is 3.33. The van der Waals surface area contributed by atoms with Gasteiger partial charge in [-0.1, -0.05) is 54.6 Å². The molecule has 1 saturated heterocycles. The number of aliphatic hydroxyl groups is 1. The van der Waals surface area contributed by atoms with Gasteiger partial charge in [0.15, 0.2) is 5.52 Å². The van der Waals surface area contributed by atoms with Gasteiger partial charge in [0.2, 0.25) is 5.91 Å². The molecule has 3 heterocycles. The predicted molar refractivity (Wildman–Crippen MR) is 152 cm³/mol. The number of benzene rings is 2. The van der Waals surface area contributed by atoms with E-state index >= 15 is 0 Å². The molecule has 0 radical (unpaired) electrons. The number of hydrogen-bond donors (Lipinski definition) is 2. The zero-order valence-corrected chi connectivity index (χ0v) is 23.7.